The summed E-state index contributed by atoms with van der Waals surface area (Å²) in [5.41, 5.74) is 3.85. The van der Waals surface area contributed by atoms with Crippen LogP contribution >= 0.6 is 0 Å². The van der Waals surface area contributed by atoms with E-state index in [1.54, 1.807) is 0 Å². The fourth-order valence-electron chi connectivity index (χ4n) is 4.80. The van der Waals surface area contributed by atoms with Gasteiger partial charge in [-0.15, -0.1) is 0 Å². The summed E-state index contributed by atoms with van der Waals surface area (Å²) in [6.45, 7) is 4.23. The van der Waals surface area contributed by atoms with Gasteiger partial charge in [0.2, 0.25) is 0 Å². The number of ether oxygens (including phenoxy) is 1. The average Bonchev–Trinajstić information content (AvgIpc) is 3.24. The first-order valence-electron chi connectivity index (χ1n) is 10.2. The number of fused-ring (bicyclic) bond motifs is 1. The first kappa shape index (κ1) is 17.0. The lowest BCUT2D eigenvalue weighted by atomic mass is 9.88. The molecule has 1 N–H and O–H groups in total. The van der Waals surface area contributed by atoms with E-state index < -0.39 is 0 Å². The maximum Gasteiger partial charge on any atom is 0.0568 e. The number of nitrogens with zero attached hydrogens (tertiary/aromatic N) is 2. The van der Waals surface area contributed by atoms with Crippen LogP contribution in [0.1, 0.15) is 37.3 Å². The summed E-state index contributed by atoms with van der Waals surface area (Å²) in [7, 11) is 0. The third-order valence-corrected chi connectivity index (χ3v) is 6.37. The van der Waals surface area contributed by atoms with Crippen LogP contribution in [0.4, 0.5) is 0 Å². The van der Waals surface area contributed by atoms with Crippen LogP contribution in [0, 0.1) is 0 Å². The Labute approximate surface area is 160 Å². The number of rotatable bonds is 3. The van der Waals surface area contributed by atoms with Crippen molar-refractivity contribution < 1.29 is 4.74 Å². The summed E-state index contributed by atoms with van der Waals surface area (Å²) in [4.78, 5) is 2.69. The predicted octanol–water partition coefficient (Wildman–Crippen LogP) is 4.59. The molecule has 3 heterocycles. The largest absolute Gasteiger partial charge is 0.381 e. The summed E-state index contributed by atoms with van der Waals surface area (Å²) in [6.07, 6.45) is 6.80. The summed E-state index contributed by atoms with van der Waals surface area (Å²) in [6, 6.07) is 16.0. The van der Waals surface area contributed by atoms with Crippen LogP contribution in [-0.4, -0.2) is 47.4 Å². The quantitative estimate of drug-likeness (QED) is 0.742. The van der Waals surface area contributed by atoms with Crippen molar-refractivity contribution in [2.24, 2.45) is 0 Å². The molecule has 1 aromatic heterocycles. The number of hydrogen-bond acceptors (Lipinski definition) is 3. The lowest BCUT2D eigenvalue weighted by Crippen LogP contribution is -2.43. The van der Waals surface area contributed by atoms with Crippen molar-refractivity contribution in [3.8, 4) is 11.1 Å². The van der Waals surface area contributed by atoms with E-state index in [2.05, 4.69) is 57.6 Å². The Bertz CT molecular complexity index is 905. The summed E-state index contributed by atoms with van der Waals surface area (Å²) in [5, 5.41) is 10.3. The SMILES string of the molecule is c1ccc2cc(-c3cn[nH]c3C3CCN(C4CCOCC4)CC3)ccc2c1. The molecule has 0 radical (unpaired) electrons. The molecule has 0 amide bonds. The molecule has 3 aromatic rings. The van der Waals surface area contributed by atoms with E-state index >= 15 is 0 Å². The van der Waals surface area contributed by atoms with Gasteiger partial charge in [-0.05, 0) is 61.2 Å². The minimum atomic E-state index is 0.574. The maximum absolute atomic E-state index is 5.53. The number of aromatic nitrogens is 2. The predicted molar refractivity (Wildman–Crippen MR) is 109 cm³/mol. The van der Waals surface area contributed by atoms with E-state index in [4.69, 9.17) is 4.74 Å². The highest BCUT2D eigenvalue weighted by molar-refractivity contribution is 5.87. The molecule has 27 heavy (non-hydrogen) atoms. The topological polar surface area (TPSA) is 41.2 Å². The zero-order valence-electron chi connectivity index (χ0n) is 15.7. The van der Waals surface area contributed by atoms with E-state index in [1.807, 2.05) is 6.20 Å². The molecule has 4 nitrogen and oxygen atoms in total. The minimum Gasteiger partial charge on any atom is -0.381 e. The Morgan fingerprint density at radius 3 is 2.52 bits per heavy atom. The molecular formula is C23H27N3O. The molecule has 0 atom stereocenters. The van der Waals surface area contributed by atoms with Gasteiger partial charge in [-0.25, -0.2) is 0 Å². The first-order valence-corrected chi connectivity index (χ1v) is 10.2. The smallest absolute Gasteiger partial charge is 0.0568 e. The second-order valence-corrected chi connectivity index (χ2v) is 7.91. The number of piperidine rings is 1. The van der Waals surface area contributed by atoms with Crippen LogP contribution < -0.4 is 0 Å². The number of benzene rings is 2. The minimum absolute atomic E-state index is 0.574. The second-order valence-electron chi connectivity index (χ2n) is 7.91. The lowest BCUT2D eigenvalue weighted by molar-refractivity contribution is 0.0250. The Balaban J connectivity index is 1.34. The van der Waals surface area contributed by atoms with E-state index in [1.165, 1.54) is 66.4 Å². The van der Waals surface area contributed by atoms with Crippen LogP contribution in [0.25, 0.3) is 21.9 Å². The molecule has 2 aliphatic heterocycles. The molecule has 0 saturated carbocycles. The van der Waals surface area contributed by atoms with Crippen LogP contribution in [0.15, 0.2) is 48.7 Å². The molecule has 2 fully saturated rings. The molecule has 0 aliphatic carbocycles. The fraction of sp³-hybridized carbons (Fsp3) is 0.435. The molecule has 2 aromatic carbocycles. The zero-order valence-corrected chi connectivity index (χ0v) is 15.7. The second kappa shape index (κ2) is 7.45. The molecule has 2 saturated heterocycles. The number of H-pyrrole nitrogens is 1. The van der Waals surface area contributed by atoms with Gasteiger partial charge in [-0.1, -0.05) is 36.4 Å². The lowest BCUT2D eigenvalue weighted by Gasteiger charge is -2.39. The molecule has 2 aliphatic rings. The molecule has 0 unspecified atom stereocenters. The van der Waals surface area contributed by atoms with Crippen molar-refractivity contribution in [1.82, 2.24) is 15.1 Å². The monoisotopic (exact) mass is 361 g/mol. The number of aromatic amines is 1. The van der Waals surface area contributed by atoms with Gasteiger partial charge in [0.05, 0.1) is 6.20 Å². The normalized spacial score (nSPS) is 20.3. The van der Waals surface area contributed by atoms with Crippen molar-refractivity contribution in [3.63, 3.8) is 0 Å². The molecular weight excluding hydrogens is 334 g/mol. The van der Waals surface area contributed by atoms with E-state index in [0.717, 1.165) is 19.3 Å². The zero-order chi connectivity index (χ0) is 18.1. The number of hydrogen-bond donors (Lipinski definition) is 1. The van der Waals surface area contributed by atoms with Crippen LogP contribution in [0.5, 0.6) is 0 Å². The van der Waals surface area contributed by atoms with Crippen molar-refractivity contribution in [3.05, 3.63) is 54.4 Å². The summed E-state index contributed by atoms with van der Waals surface area (Å²) >= 11 is 0. The molecule has 4 heteroatoms. The van der Waals surface area contributed by atoms with Crippen molar-refractivity contribution >= 4 is 10.8 Å². The Morgan fingerprint density at radius 1 is 0.926 bits per heavy atom. The average molecular weight is 361 g/mol. The Hall–Kier alpha value is -2.17. The number of likely N-dealkylation sites (tertiary alicyclic amines) is 1. The third-order valence-electron chi connectivity index (χ3n) is 6.37. The highest BCUT2D eigenvalue weighted by Gasteiger charge is 2.29. The molecule has 0 spiro atoms. The summed E-state index contributed by atoms with van der Waals surface area (Å²) < 4.78 is 5.53. The summed E-state index contributed by atoms with van der Waals surface area (Å²) in [5.74, 6) is 0.574. The highest BCUT2D eigenvalue weighted by Crippen LogP contribution is 2.35. The van der Waals surface area contributed by atoms with Gasteiger partial charge in [0.25, 0.3) is 0 Å². The maximum atomic E-state index is 5.53. The molecule has 5 rings (SSSR count). The third kappa shape index (κ3) is 3.40. The van der Waals surface area contributed by atoms with Crippen LogP contribution in [0.2, 0.25) is 0 Å². The van der Waals surface area contributed by atoms with E-state index in [0.29, 0.717) is 5.92 Å². The Morgan fingerprint density at radius 2 is 1.70 bits per heavy atom. The molecule has 0 bridgehead atoms. The van der Waals surface area contributed by atoms with E-state index in [-0.39, 0.29) is 0 Å². The van der Waals surface area contributed by atoms with Crippen LogP contribution in [-0.2, 0) is 4.74 Å². The van der Waals surface area contributed by atoms with Crippen molar-refractivity contribution in [2.75, 3.05) is 26.3 Å². The Kier molecular flexibility index (Phi) is 4.68. The van der Waals surface area contributed by atoms with Gasteiger partial charge < -0.3 is 9.64 Å². The first-order chi connectivity index (χ1) is 13.4. The van der Waals surface area contributed by atoms with Gasteiger partial charge in [0.15, 0.2) is 0 Å². The standard InChI is InChI=1S/C23H27N3O/c1-2-4-19-15-20(6-5-17(19)3-1)22-16-24-25-23(22)18-7-11-26(12-8-18)21-9-13-27-14-10-21/h1-6,15-16,18,21H,7-14H2,(H,24,25). The van der Waals surface area contributed by atoms with Gasteiger partial charge in [0.1, 0.15) is 0 Å². The van der Waals surface area contributed by atoms with Gasteiger partial charge in [0, 0.05) is 36.4 Å². The highest BCUT2D eigenvalue weighted by atomic mass is 16.5. The van der Waals surface area contributed by atoms with E-state index in [9.17, 15) is 0 Å². The van der Waals surface area contributed by atoms with Crippen molar-refractivity contribution in [2.45, 2.75) is 37.6 Å². The molecule has 140 valence electrons. The van der Waals surface area contributed by atoms with Crippen LogP contribution in [0.3, 0.4) is 0 Å². The van der Waals surface area contributed by atoms with Gasteiger partial charge in [-0.3, -0.25) is 5.10 Å². The fourth-order valence-corrected chi connectivity index (χ4v) is 4.80. The van der Waals surface area contributed by atoms with Gasteiger partial charge >= 0.3 is 0 Å². The number of nitrogens with one attached hydrogen (secondary N) is 1. The van der Waals surface area contributed by atoms with Gasteiger partial charge in [-0.2, -0.15) is 5.10 Å². The van der Waals surface area contributed by atoms with Crippen molar-refractivity contribution in [1.29, 1.82) is 0 Å².